The van der Waals surface area contributed by atoms with E-state index in [9.17, 15) is 14.7 Å². The molecule has 0 saturated carbocycles. The maximum Gasteiger partial charge on any atom is 0.237 e. The molecule has 0 bridgehead atoms. The van der Waals surface area contributed by atoms with Crippen LogP contribution in [0.25, 0.3) is 33.6 Å². The quantitative estimate of drug-likeness (QED) is 0.132. The zero-order valence-electron chi connectivity index (χ0n) is 25.7. The maximum atomic E-state index is 11.5. The molecule has 1 aliphatic rings. The number of aromatic nitrogens is 4. The van der Waals surface area contributed by atoms with E-state index in [2.05, 4.69) is 35.9 Å². The second-order valence-corrected chi connectivity index (χ2v) is 11.5. The second-order valence-electron chi connectivity index (χ2n) is 10.7. The average Bonchev–Trinajstić information content (AvgIpc) is 3.50. The number of carbonyl (C=O) groups is 2. The van der Waals surface area contributed by atoms with Crippen molar-refractivity contribution in [1.29, 1.82) is 0 Å². The van der Waals surface area contributed by atoms with Gasteiger partial charge < -0.3 is 30.9 Å². The van der Waals surface area contributed by atoms with Crippen LogP contribution < -0.4 is 31.2 Å². The Hall–Kier alpha value is -4.40. The minimum Gasteiger partial charge on any atom is -0.480 e. The summed E-state index contributed by atoms with van der Waals surface area (Å²) >= 11 is 14.0. The number of halogens is 2. The van der Waals surface area contributed by atoms with Gasteiger partial charge in [-0.3, -0.25) is 24.9 Å². The summed E-state index contributed by atoms with van der Waals surface area (Å²) in [6.45, 7) is 0.669. The molecule has 2 aromatic carbocycles. The maximum absolute atomic E-state index is 11.5. The first-order valence-corrected chi connectivity index (χ1v) is 15.5. The monoisotopic (exact) mass is 680 g/mol. The molecule has 0 radical (unpaired) electrons. The largest absolute Gasteiger partial charge is 0.480 e. The van der Waals surface area contributed by atoms with Gasteiger partial charge in [-0.05, 0) is 6.42 Å². The molecule has 0 unspecified atom stereocenters. The highest BCUT2D eigenvalue weighted by molar-refractivity contribution is 6.39. The number of carbonyl (C=O) groups excluding carboxylic acids is 2. The lowest BCUT2D eigenvalue weighted by atomic mass is 9.98. The van der Waals surface area contributed by atoms with E-state index >= 15 is 0 Å². The number of nitrogens with one attached hydrogen (secondary N) is 3. The number of aliphatic hydroxyl groups excluding tert-OH is 1. The highest BCUT2D eigenvalue weighted by Gasteiger charge is 2.22. The molecule has 13 nitrogen and oxygen atoms in total. The van der Waals surface area contributed by atoms with Crippen LogP contribution in [0.15, 0.2) is 48.8 Å². The number of ether oxygens (including phenoxy) is 2. The number of hydrogen-bond acceptors (Lipinski definition) is 11. The molecule has 2 aromatic heterocycles. The Labute approximate surface area is 281 Å². The first-order chi connectivity index (χ1) is 22.7. The molecule has 1 saturated heterocycles. The van der Waals surface area contributed by atoms with Crippen LogP contribution in [0.5, 0.6) is 11.8 Å². The minimum atomic E-state index is -0.937. The molecule has 15 heteroatoms. The van der Waals surface area contributed by atoms with Crippen LogP contribution in [0, 0.1) is 0 Å². The molecular formula is C32H34Cl2N8O5. The Morgan fingerprint density at radius 2 is 1.49 bits per heavy atom. The van der Waals surface area contributed by atoms with Gasteiger partial charge in [0.1, 0.15) is 17.4 Å². The van der Waals surface area contributed by atoms with E-state index in [0.29, 0.717) is 80.5 Å². The van der Waals surface area contributed by atoms with Crippen molar-refractivity contribution in [3.05, 3.63) is 70.2 Å². The molecule has 4 aromatic rings. The van der Waals surface area contributed by atoms with E-state index < -0.39 is 18.6 Å². The smallest absolute Gasteiger partial charge is 0.237 e. The van der Waals surface area contributed by atoms with E-state index in [4.69, 9.17) is 38.4 Å². The molecule has 246 valence electrons. The minimum absolute atomic E-state index is 0.0688. The predicted octanol–water partition coefficient (Wildman–Crippen LogP) is 2.90. The van der Waals surface area contributed by atoms with Crippen LogP contribution in [0.1, 0.15) is 24.2 Å². The van der Waals surface area contributed by atoms with Crippen molar-refractivity contribution in [3.8, 4) is 45.4 Å². The van der Waals surface area contributed by atoms with Crippen LogP contribution >= 0.6 is 23.2 Å². The molecule has 5 rings (SSSR count). The van der Waals surface area contributed by atoms with Crippen molar-refractivity contribution < 1.29 is 24.2 Å². The Kier molecular flexibility index (Phi) is 11.2. The van der Waals surface area contributed by atoms with Crippen molar-refractivity contribution in [2.75, 3.05) is 27.4 Å². The number of aliphatic hydroxyl groups is 1. The fourth-order valence-electron chi connectivity index (χ4n) is 5.17. The van der Waals surface area contributed by atoms with Crippen LogP contribution in [0.2, 0.25) is 10.0 Å². The summed E-state index contributed by atoms with van der Waals surface area (Å²) in [5.74, 6) is -0.0424. The lowest BCUT2D eigenvalue weighted by Crippen LogP contribution is -2.43. The van der Waals surface area contributed by atoms with Gasteiger partial charge in [0.2, 0.25) is 23.6 Å². The van der Waals surface area contributed by atoms with E-state index in [1.165, 1.54) is 14.2 Å². The fraction of sp³-hybridized carbons (Fsp3) is 0.312. The van der Waals surface area contributed by atoms with Gasteiger partial charge in [0.05, 0.1) is 54.7 Å². The zero-order chi connectivity index (χ0) is 33.5. The molecule has 0 aliphatic carbocycles. The highest BCUT2D eigenvalue weighted by Crippen LogP contribution is 2.42. The van der Waals surface area contributed by atoms with Crippen molar-refractivity contribution >= 4 is 35.0 Å². The normalized spacial score (nSPS) is 14.9. The Morgan fingerprint density at radius 1 is 0.957 bits per heavy atom. The van der Waals surface area contributed by atoms with E-state index in [1.54, 1.807) is 12.4 Å². The van der Waals surface area contributed by atoms with Gasteiger partial charge in [0.25, 0.3) is 0 Å². The number of primary amides is 1. The third-order valence-electron chi connectivity index (χ3n) is 7.66. The lowest BCUT2D eigenvalue weighted by Gasteiger charge is -2.16. The number of nitrogens with two attached hydrogens (primary N) is 1. The average molecular weight is 682 g/mol. The summed E-state index contributed by atoms with van der Waals surface area (Å²) in [5, 5.41) is 19.3. The summed E-state index contributed by atoms with van der Waals surface area (Å²) in [4.78, 5) is 41.3. The van der Waals surface area contributed by atoms with Gasteiger partial charge >= 0.3 is 0 Å². The Balaban J connectivity index is 1.39. The second kappa shape index (κ2) is 15.5. The third kappa shape index (κ3) is 7.77. The van der Waals surface area contributed by atoms with Gasteiger partial charge in [-0.25, -0.2) is 9.97 Å². The number of rotatable bonds is 14. The Bertz CT molecular complexity index is 1780. The number of methoxy groups -OCH3 is 2. The SMILES string of the molecule is COc1nc(-c2cccc(-c3cccc(-c4cnc(CN[C@@H](CO)C(N)=O)c(OC)n4)c3Cl)c2Cl)cnc1CNC[C@@H]1CCC(=O)N1. The molecule has 3 heterocycles. The Morgan fingerprint density at radius 3 is 1.96 bits per heavy atom. The van der Waals surface area contributed by atoms with Crippen molar-refractivity contribution in [2.45, 2.75) is 38.0 Å². The number of nitrogens with zero attached hydrogens (tertiary/aromatic N) is 4. The topological polar surface area (TPSA) is 186 Å². The summed E-state index contributed by atoms with van der Waals surface area (Å²) in [5.41, 5.74) is 9.87. The molecule has 1 fully saturated rings. The van der Waals surface area contributed by atoms with Gasteiger partial charge in [0.15, 0.2) is 0 Å². The van der Waals surface area contributed by atoms with Gasteiger partial charge in [-0.2, -0.15) is 0 Å². The lowest BCUT2D eigenvalue weighted by molar-refractivity contribution is -0.121. The summed E-state index contributed by atoms with van der Waals surface area (Å²) in [6.07, 6.45) is 4.53. The number of benzene rings is 2. The number of amides is 2. The molecule has 2 amide bonds. The summed E-state index contributed by atoms with van der Waals surface area (Å²) in [6, 6.07) is 10.2. The van der Waals surface area contributed by atoms with Crippen LogP contribution in [0.3, 0.4) is 0 Å². The molecule has 2 atom stereocenters. The van der Waals surface area contributed by atoms with E-state index in [1.807, 2.05) is 36.4 Å². The molecule has 47 heavy (non-hydrogen) atoms. The fourth-order valence-corrected chi connectivity index (χ4v) is 5.82. The zero-order valence-corrected chi connectivity index (χ0v) is 27.2. The molecule has 1 aliphatic heterocycles. The third-order valence-corrected chi connectivity index (χ3v) is 8.47. The molecule has 6 N–H and O–H groups in total. The summed E-state index contributed by atoms with van der Waals surface area (Å²) < 4.78 is 11.0. The van der Waals surface area contributed by atoms with Crippen molar-refractivity contribution in [1.82, 2.24) is 35.9 Å². The molecular weight excluding hydrogens is 647 g/mol. The van der Waals surface area contributed by atoms with Gasteiger partial charge in [-0.1, -0.05) is 59.6 Å². The summed E-state index contributed by atoms with van der Waals surface area (Å²) in [7, 11) is 2.99. The van der Waals surface area contributed by atoms with Gasteiger partial charge in [-0.15, -0.1) is 0 Å². The first kappa shape index (κ1) is 33.9. The van der Waals surface area contributed by atoms with E-state index in [-0.39, 0.29) is 24.4 Å². The van der Waals surface area contributed by atoms with Crippen LogP contribution in [-0.4, -0.2) is 76.3 Å². The standard InChI is InChI=1S/C32H34Cl2N8O5/c1-46-31-24(12-36-11-17-9-10-27(44)40-17)37-13-22(41-31)20-7-3-5-18(28(20)33)19-6-4-8-21(29(19)34)23-14-38-25(32(42-23)47-2)15-39-26(16-43)30(35)45/h3-8,13-14,17,26,36,39,43H,9-12,15-16H2,1-2H3,(H2,35,45)(H,40,44)/t17-,26-/m0/s1. The van der Waals surface area contributed by atoms with Crippen molar-refractivity contribution in [2.24, 2.45) is 5.73 Å². The van der Waals surface area contributed by atoms with Gasteiger partial charge in [0, 0.05) is 54.4 Å². The van der Waals surface area contributed by atoms with E-state index in [0.717, 1.165) is 6.42 Å². The van der Waals surface area contributed by atoms with Crippen LogP contribution in [-0.2, 0) is 22.7 Å². The van der Waals surface area contributed by atoms with Crippen molar-refractivity contribution in [3.63, 3.8) is 0 Å². The van der Waals surface area contributed by atoms with Crippen LogP contribution in [0.4, 0.5) is 0 Å². The predicted molar refractivity (Wildman–Crippen MR) is 177 cm³/mol. The molecule has 0 spiro atoms. The first-order valence-electron chi connectivity index (χ1n) is 14.8. The number of hydrogen-bond donors (Lipinski definition) is 5. The highest BCUT2D eigenvalue weighted by atomic mass is 35.5.